The molecule has 1 aromatic heterocycles. The van der Waals surface area contributed by atoms with Gasteiger partial charge in [-0.05, 0) is 43.7 Å². The van der Waals surface area contributed by atoms with Crippen LogP contribution in [0, 0.1) is 5.41 Å². The number of benzene rings is 1. The van der Waals surface area contributed by atoms with Gasteiger partial charge in [0.05, 0.1) is 24.8 Å². The van der Waals surface area contributed by atoms with Crippen molar-refractivity contribution in [3.05, 3.63) is 53.3 Å². The minimum Gasteiger partial charge on any atom is -0.487 e. The van der Waals surface area contributed by atoms with Gasteiger partial charge in [-0.1, -0.05) is 6.07 Å². The van der Waals surface area contributed by atoms with Gasteiger partial charge in [0.25, 0.3) is 6.02 Å². The first kappa shape index (κ1) is 21.6. The Morgan fingerprint density at radius 2 is 2.00 bits per heavy atom. The van der Waals surface area contributed by atoms with Crippen LogP contribution in [0.25, 0.3) is 0 Å². The van der Waals surface area contributed by atoms with Gasteiger partial charge < -0.3 is 24.7 Å². The van der Waals surface area contributed by atoms with Crippen LogP contribution in [0.15, 0.2) is 41.5 Å². The highest BCUT2D eigenvalue weighted by atomic mass is 19.3. The summed E-state index contributed by atoms with van der Waals surface area (Å²) in [6.45, 7) is 2.21. The predicted molar refractivity (Wildman–Crippen MR) is 113 cm³/mol. The van der Waals surface area contributed by atoms with E-state index in [4.69, 9.17) is 24.9 Å². The number of carbonyl (C=O) groups excluding carboxylic acids is 1. The number of pyridine rings is 1. The smallest absolute Gasteiger partial charge is 0.387 e. The average molecular weight is 459 g/mol. The van der Waals surface area contributed by atoms with Gasteiger partial charge in [0.1, 0.15) is 34.9 Å². The van der Waals surface area contributed by atoms with Gasteiger partial charge in [-0.15, -0.1) is 0 Å². The maximum absolute atomic E-state index is 12.8. The lowest BCUT2D eigenvalue weighted by molar-refractivity contribution is -0.247. The van der Waals surface area contributed by atoms with Crippen molar-refractivity contribution in [1.29, 1.82) is 0 Å². The molecule has 0 saturated carbocycles. The van der Waals surface area contributed by atoms with Crippen molar-refractivity contribution in [2.45, 2.75) is 38.0 Å². The van der Waals surface area contributed by atoms with E-state index in [1.165, 1.54) is 12.1 Å². The number of nitrogens with two attached hydrogens (primary N) is 1. The van der Waals surface area contributed by atoms with E-state index in [9.17, 15) is 13.6 Å². The number of fused-ring (bicyclic) bond motifs is 3. The summed E-state index contributed by atoms with van der Waals surface area (Å²) in [4.78, 5) is 21.5. The normalized spacial score (nSPS) is 24.0. The highest BCUT2D eigenvalue weighted by Gasteiger charge is 2.71. The van der Waals surface area contributed by atoms with E-state index >= 15 is 0 Å². The topological polar surface area (TPSA) is 105 Å². The summed E-state index contributed by atoms with van der Waals surface area (Å²) in [5.41, 5.74) is 5.77. The number of ether oxygens (including phenoxy) is 4. The van der Waals surface area contributed by atoms with E-state index in [1.807, 2.05) is 32.0 Å². The Kier molecular flexibility index (Phi) is 4.82. The second-order valence-electron chi connectivity index (χ2n) is 8.97. The summed E-state index contributed by atoms with van der Waals surface area (Å²) in [5.74, 6) is 0.279. The molecule has 2 spiro atoms. The van der Waals surface area contributed by atoms with Crippen LogP contribution in [0.5, 0.6) is 11.5 Å². The Labute approximate surface area is 188 Å². The van der Waals surface area contributed by atoms with Gasteiger partial charge in [0, 0.05) is 12.0 Å². The Bertz CT molecular complexity index is 1130. The molecule has 8 nitrogen and oxygen atoms in total. The molecule has 4 heterocycles. The van der Waals surface area contributed by atoms with Crippen molar-refractivity contribution in [2.75, 3.05) is 19.8 Å². The third kappa shape index (κ3) is 3.23. The van der Waals surface area contributed by atoms with E-state index in [-0.39, 0.29) is 36.3 Å². The van der Waals surface area contributed by atoms with E-state index in [0.717, 1.165) is 17.3 Å². The lowest BCUT2D eigenvalue weighted by Gasteiger charge is -2.61. The molecule has 0 amide bonds. The number of ketones is 1. The number of halogens is 2. The number of rotatable bonds is 5. The number of alkyl halides is 2. The van der Waals surface area contributed by atoms with Gasteiger partial charge >= 0.3 is 6.61 Å². The molecule has 1 fully saturated rings. The van der Waals surface area contributed by atoms with Crippen molar-refractivity contribution >= 4 is 11.8 Å². The minimum absolute atomic E-state index is 0.0539. The zero-order chi connectivity index (χ0) is 23.4. The van der Waals surface area contributed by atoms with Crippen molar-refractivity contribution < 1.29 is 32.5 Å². The van der Waals surface area contributed by atoms with E-state index < -0.39 is 23.2 Å². The monoisotopic (exact) mass is 459 g/mol. The zero-order valence-electron chi connectivity index (χ0n) is 18.1. The first-order valence-electron chi connectivity index (χ1n) is 10.5. The van der Waals surface area contributed by atoms with Crippen LogP contribution in [0.4, 0.5) is 8.78 Å². The third-order valence-corrected chi connectivity index (χ3v) is 6.84. The number of hydrogen-bond donors (Lipinski definition) is 1. The van der Waals surface area contributed by atoms with Gasteiger partial charge in [0.2, 0.25) is 0 Å². The number of aromatic nitrogens is 1. The van der Waals surface area contributed by atoms with Crippen LogP contribution < -0.4 is 15.2 Å². The van der Waals surface area contributed by atoms with E-state index in [2.05, 4.69) is 9.72 Å². The van der Waals surface area contributed by atoms with Crippen LogP contribution in [0.1, 0.15) is 35.5 Å². The molecule has 0 bridgehead atoms. The maximum Gasteiger partial charge on any atom is 0.387 e. The standard InChI is InChI=1S/C23H23F2N3O5/c1-21(2)22(10-30-11-22)23(12-31-20(26)28-23)15-7-13(3-6-18(15)33-21)8-17(29)16-5-4-14(9-27-16)32-19(24)25/h3-7,9,19H,8,10-12H2,1-2H3,(H2,26,28). The Balaban J connectivity index is 1.47. The molecule has 0 aliphatic carbocycles. The summed E-state index contributed by atoms with van der Waals surface area (Å²) < 4.78 is 46.5. The number of amidine groups is 1. The van der Waals surface area contributed by atoms with Gasteiger partial charge in [-0.3, -0.25) is 4.79 Å². The van der Waals surface area contributed by atoms with Crippen LogP contribution in [-0.4, -0.2) is 48.8 Å². The van der Waals surface area contributed by atoms with Crippen molar-refractivity contribution in [3.8, 4) is 11.5 Å². The zero-order valence-corrected chi connectivity index (χ0v) is 18.1. The second-order valence-corrected chi connectivity index (χ2v) is 8.97. The lowest BCUT2D eigenvalue weighted by Crippen LogP contribution is -2.71. The Hall–Kier alpha value is -3.27. The average Bonchev–Trinajstić information content (AvgIpc) is 3.09. The largest absolute Gasteiger partial charge is 0.487 e. The summed E-state index contributed by atoms with van der Waals surface area (Å²) in [6.07, 6.45) is 1.16. The molecule has 0 radical (unpaired) electrons. The summed E-state index contributed by atoms with van der Waals surface area (Å²) in [6, 6.07) is 8.29. The summed E-state index contributed by atoms with van der Waals surface area (Å²) >= 11 is 0. The molecule has 1 atom stereocenters. The van der Waals surface area contributed by atoms with E-state index in [1.54, 1.807) is 0 Å². The highest BCUT2D eigenvalue weighted by molar-refractivity contribution is 5.95. The van der Waals surface area contributed by atoms with Gasteiger partial charge in [-0.2, -0.15) is 8.78 Å². The fourth-order valence-electron chi connectivity index (χ4n) is 4.93. The van der Waals surface area contributed by atoms with Crippen molar-refractivity contribution in [3.63, 3.8) is 0 Å². The Morgan fingerprint density at radius 1 is 1.21 bits per heavy atom. The Morgan fingerprint density at radius 3 is 2.58 bits per heavy atom. The van der Waals surface area contributed by atoms with Crippen LogP contribution in [0.2, 0.25) is 0 Å². The van der Waals surface area contributed by atoms with E-state index in [0.29, 0.717) is 19.0 Å². The second kappa shape index (κ2) is 7.38. The van der Waals surface area contributed by atoms with Crippen LogP contribution in [-0.2, 0) is 21.4 Å². The van der Waals surface area contributed by atoms with Gasteiger partial charge in [-0.25, -0.2) is 9.98 Å². The first-order chi connectivity index (χ1) is 15.7. The molecule has 10 heteroatoms. The van der Waals surface area contributed by atoms with Crippen LogP contribution in [0.3, 0.4) is 0 Å². The molecule has 1 aromatic carbocycles. The number of carbonyl (C=O) groups is 1. The molecule has 3 aliphatic heterocycles. The quantitative estimate of drug-likeness (QED) is 0.686. The fourth-order valence-corrected chi connectivity index (χ4v) is 4.93. The number of Topliss-reactive ketones (excluding diaryl/α,β-unsaturated/α-hetero) is 1. The molecular formula is C23H23F2N3O5. The molecule has 174 valence electrons. The van der Waals surface area contributed by atoms with Crippen molar-refractivity contribution in [1.82, 2.24) is 4.98 Å². The molecule has 2 aromatic rings. The number of hydrogen-bond acceptors (Lipinski definition) is 8. The maximum atomic E-state index is 12.8. The number of aliphatic imine (C=N–C) groups is 1. The predicted octanol–water partition coefficient (Wildman–Crippen LogP) is 2.84. The number of nitrogens with zero attached hydrogens (tertiary/aromatic N) is 2. The molecular weight excluding hydrogens is 436 g/mol. The molecule has 2 N–H and O–H groups in total. The van der Waals surface area contributed by atoms with Crippen LogP contribution >= 0.6 is 0 Å². The molecule has 5 rings (SSSR count). The minimum atomic E-state index is -2.95. The lowest BCUT2D eigenvalue weighted by atomic mass is 9.55. The molecule has 1 saturated heterocycles. The SMILES string of the molecule is CC1(C)Oc2ccc(CC(=O)c3ccc(OC(F)F)cn3)cc2C2(COC(N)=N2)C12COC2. The van der Waals surface area contributed by atoms with Gasteiger partial charge in [0.15, 0.2) is 5.78 Å². The van der Waals surface area contributed by atoms with Crippen molar-refractivity contribution in [2.24, 2.45) is 16.1 Å². The fraction of sp³-hybridized carbons (Fsp3) is 0.435. The highest BCUT2D eigenvalue weighted by Crippen LogP contribution is 2.62. The first-order valence-corrected chi connectivity index (χ1v) is 10.5. The summed E-state index contributed by atoms with van der Waals surface area (Å²) in [5, 5.41) is 0. The molecule has 3 aliphatic rings. The molecule has 33 heavy (non-hydrogen) atoms. The summed E-state index contributed by atoms with van der Waals surface area (Å²) in [7, 11) is 0. The third-order valence-electron chi connectivity index (χ3n) is 6.84. The molecule has 1 unspecified atom stereocenters.